The summed E-state index contributed by atoms with van der Waals surface area (Å²) >= 11 is 0. The van der Waals surface area contributed by atoms with Gasteiger partial charge >= 0.3 is 6.03 Å². The molecule has 2 aliphatic heterocycles. The molecule has 2 heterocycles. The van der Waals surface area contributed by atoms with Crippen LogP contribution >= 0.6 is 0 Å². The van der Waals surface area contributed by atoms with Gasteiger partial charge in [0.15, 0.2) is 0 Å². The number of nitrogens with zero attached hydrogens (tertiary/aromatic N) is 3. The van der Waals surface area contributed by atoms with Crippen LogP contribution in [-0.4, -0.2) is 60.1 Å². The molecule has 2 atom stereocenters. The van der Waals surface area contributed by atoms with Crippen LogP contribution in [-0.2, 0) is 4.79 Å². The number of halogens is 1. The Bertz CT molecular complexity index is 717. The highest BCUT2D eigenvalue weighted by Crippen LogP contribution is 2.38. The third-order valence-electron chi connectivity index (χ3n) is 6.41. The average Bonchev–Trinajstić information content (AvgIpc) is 2.91. The molecule has 146 valence electrons. The number of benzene rings is 1. The molecule has 0 radical (unpaired) electrons. The summed E-state index contributed by atoms with van der Waals surface area (Å²) in [6.07, 6.45) is 3.84. The zero-order valence-electron chi connectivity index (χ0n) is 15.8. The molecule has 1 aromatic rings. The van der Waals surface area contributed by atoms with Gasteiger partial charge in [-0.3, -0.25) is 9.69 Å². The van der Waals surface area contributed by atoms with E-state index in [1.165, 1.54) is 17.0 Å². The summed E-state index contributed by atoms with van der Waals surface area (Å²) in [4.78, 5) is 31.3. The van der Waals surface area contributed by atoms with Gasteiger partial charge in [-0.2, -0.15) is 0 Å². The van der Waals surface area contributed by atoms with Gasteiger partial charge in [-0.05, 0) is 43.0 Å². The third kappa shape index (κ3) is 3.29. The molecule has 1 N–H and O–H groups in total. The van der Waals surface area contributed by atoms with Crippen molar-refractivity contribution in [3.8, 4) is 0 Å². The van der Waals surface area contributed by atoms with Gasteiger partial charge in [0.25, 0.3) is 5.91 Å². The summed E-state index contributed by atoms with van der Waals surface area (Å²) < 4.78 is 13.1. The Labute approximate surface area is 159 Å². The molecular formula is C20H27FN4O2. The Morgan fingerprint density at radius 2 is 1.81 bits per heavy atom. The molecule has 7 heteroatoms. The lowest BCUT2D eigenvalue weighted by Gasteiger charge is -2.38. The summed E-state index contributed by atoms with van der Waals surface area (Å²) in [6, 6.07) is 6.27. The van der Waals surface area contributed by atoms with Crippen LogP contribution in [0.1, 0.15) is 32.6 Å². The van der Waals surface area contributed by atoms with Gasteiger partial charge < -0.3 is 10.2 Å². The number of imide groups is 1. The van der Waals surface area contributed by atoms with Crippen LogP contribution < -0.4 is 10.2 Å². The fourth-order valence-electron chi connectivity index (χ4n) is 4.62. The highest BCUT2D eigenvalue weighted by Gasteiger charge is 2.55. The average molecular weight is 374 g/mol. The van der Waals surface area contributed by atoms with Crippen LogP contribution in [0, 0.1) is 11.7 Å². The van der Waals surface area contributed by atoms with E-state index < -0.39 is 5.54 Å². The number of rotatable bonds is 3. The van der Waals surface area contributed by atoms with Gasteiger partial charge in [0, 0.05) is 31.9 Å². The Hall–Kier alpha value is -2.15. The first kappa shape index (κ1) is 18.2. The lowest BCUT2D eigenvalue weighted by atomic mass is 9.73. The van der Waals surface area contributed by atoms with Gasteiger partial charge in [-0.25, -0.2) is 14.1 Å². The fraction of sp³-hybridized carbons (Fsp3) is 0.600. The quantitative estimate of drug-likeness (QED) is 0.826. The minimum absolute atomic E-state index is 0.0549. The highest BCUT2D eigenvalue weighted by atomic mass is 19.1. The van der Waals surface area contributed by atoms with E-state index in [9.17, 15) is 14.0 Å². The van der Waals surface area contributed by atoms with Gasteiger partial charge in [-0.1, -0.05) is 19.8 Å². The third-order valence-corrected chi connectivity index (χ3v) is 6.41. The predicted molar refractivity (Wildman–Crippen MR) is 101 cm³/mol. The molecule has 3 aliphatic rings. The fourth-order valence-corrected chi connectivity index (χ4v) is 4.62. The first-order chi connectivity index (χ1) is 13.0. The van der Waals surface area contributed by atoms with Crippen molar-refractivity contribution in [2.75, 3.05) is 37.7 Å². The molecular weight excluding hydrogens is 347 g/mol. The molecule has 27 heavy (non-hydrogen) atoms. The van der Waals surface area contributed by atoms with E-state index in [0.717, 1.165) is 57.5 Å². The molecule has 0 aromatic heterocycles. The monoisotopic (exact) mass is 374 g/mol. The maximum absolute atomic E-state index is 13.1. The summed E-state index contributed by atoms with van der Waals surface area (Å²) in [5, 5.41) is 3.01. The summed E-state index contributed by atoms with van der Waals surface area (Å²) in [5.41, 5.74) is 0.312. The maximum atomic E-state index is 13.1. The van der Waals surface area contributed by atoms with E-state index in [-0.39, 0.29) is 23.7 Å². The maximum Gasteiger partial charge on any atom is 0.326 e. The number of anilines is 1. The number of carbonyl (C=O) groups excluding carboxylic acids is 2. The van der Waals surface area contributed by atoms with Crippen molar-refractivity contribution >= 4 is 17.6 Å². The van der Waals surface area contributed by atoms with Gasteiger partial charge in [-0.15, -0.1) is 0 Å². The normalized spacial score (nSPS) is 29.5. The summed E-state index contributed by atoms with van der Waals surface area (Å²) in [6.45, 7) is 5.51. The van der Waals surface area contributed by atoms with Gasteiger partial charge in [0.1, 0.15) is 11.4 Å². The smallest absolute Gasteiger partial charge is 0.326 e. The van der Waals surface area contributed by atoms with Crippen LogP contribution in [0.2, 0.25) is 0 Å². The molecule has 6 nitrogen and oxygen atoms in total. The van der Waals surface area contributed by atoms with E-state index in [2.05, 4.69) is 22.0 Å². The topological polar surface area (TPSA) is 55.9 Å². The highest BCUT2D eigenvalue weighted by molar-refractivity contribution is 6.07. The summed E-state index contributed by atoms with van der Waals surface area (Å²) in [5.74, 6) is -0.106. The largest absolute Gasteiger partial charge is 0.369 e. The molecule has 3 fully saturated rings. The van der Waals surface area contributed by atoms with E-state index in [1.807, 2.05) is 0 Å². The number of carbonyl (C=O) groups is 2. The Morgan fingerprint density at radius 3 is 2.48 bits per heavy atom. The van der Waals surface area contributed by atoms with Crippen LogP contribution in [0.5, 0.6) is 0 Å². The lowest BCUT2D eigenvalue weighted by molar-refractivity contribution is -0.135. The second-order valence-corrected chi connectivity index (χ2v) is 8.00. The number of hydrogen-bond donors (Lipinski definition) is 1. The Kier molecular flexibility index (Phi) is 4.80. The van der Waals surface area contributed by atoms with Crippen molar-refractivity contribution in [3.63, 3.8) is 0 Å². The Balaban J connectivity index is 1.37. The van der Waals surface area contributed by atoms with Crippen molar-refractivity contribution in [1.29, 1.82) is 0 Å². The molecule has 4 rings (SSSR count). The van der Waals surface area contributed by atoms with E-state index in [4.69, 9.17) is 0 Å². The SMILES string of the molecule is C[C@H]1CCCC[C@]12NC(=O)N(CN1CCN(c3ccc(F)cc3)CC1)C2=O. The predicted octanol–water partition coefficient (Wildman–Crippen LogP) is 2.41. The summed E-state index contributed by atoms with van der Waals surface area (Å²) in [7, 11) is 0. The van der Waals surface area contributed by atoms with Crippen molar-refractivity contribution in [3.05, 3.63) is 30.1 Å². The van der Waals surface area contributed by atoms with Crippen molar-refractivity contribution < 1.29 is 14.0 Å². The standard InChI is InChI=1S/C20H27FN4O2/c1-15-4-2-3-9-20(15)18(26)25(19(27)22-20)14-23-10-12-24(13-11-23)17-7-5-16(21)6-8-17/h5-8,15H,2-4,9-14H2,1H3,(H,22,27)/t15-,20-/m0/s1. The minimum atomic E-state index is -0.689. The van der Waals surface area contributed by atoms with Crippen LogP contribution in [0.3, 0.4) is 0 Å². The van der Waals surface area contributed by atoms with Crippen molar-refractivity contribution in [1.82, 2.24) is 15.1 Å². The van der Waals surface area contributed by atoms with Crippen LogP contribution in [0.15, 0.2) is 24.3 Å². The first-order valence-corrected chi connectivity index (χ1v) is 9.86. The molecule has 1 aliphatic carbocycles. The molecule has 1 spiro atoms. The Morgan fingerprint density at radius 1 is 1.11 bits per heavy atom. The molecule has 1 saturated carbocycles. The number of nitrogens with one attached hydrogen (secondary N) is 1. The molecule has 3 amide bonds. The van der Waals surface area contributed by atoms with Crippen molar-refractivity contribution in [2.45, 2.75) is 38.1 Å². The zero-order chi connectivity index (χ0) is 19.0. The number of piperazine rings is 1. The lowest BCUT2D eigenvalue weighted by Crippen LogP contribution is -2.55. The van der Waals surface area contributed by atoms with Gasteiger partial charge in [0.05, 0.1) is 6.67 Å². The molecule has 0 unspecified atom stereocenters. The molecule has 1 aromatic carbocycles. The van der Waals surface area contributed by atoms with Gasteiger partial charge in [0.2, 0.25) is 0 Å². The second kappa shape index (κ2) is 7.11. The number of amides is 3. The van der Waals surface area contributed by atoms with E-state index in [0.29, 0.717) is 6.67 Å². The molecule has 0 bridgehead atoms. The molecule has 2 saturated heterocycles. The zero-order valence-corrected chi connectivity index (χ0v) is 15.8. The number of urea groups is 1. The van der Waals surface area contributed by atoms with Crippen molar-refractivity contribution in [2.24, 2.45) is 5.92 Å². The van der Waals surface area contributed by atoms with Crippen LogP contribution in [0.4, 0.5) is 14.9 Å². The minimum Gasteiger partial charge on any atom is -0.369 e. The first-order valence-electron chi connectivity index (χ1n) is 9.86. The number of hydrogen-bond acceptors (Lipinski definition) is 4. The second-order valence-electron chi connectivity index (χ2n) is 8.00. The van der Waals surface area contributed by atoms with E-state index >= 15 is 0 Å². The van der Waals surface area contributed by atoms with E-state index in [1.54, 1.807) is 12.1 Å². The van der Waals surface area contributed by atoms with Crippen LogP contribution in [0.25, 0.3) is 0 Å².